The Bertz CT molecular complexity index is 631. The molecule has 0 unspecified atom stereocenters. The summed E-state index contributed by atoms with van der Waals surface area (Å²) >= 11 is 0. The van der Waals surface area contributed by atoms with Gasteiger partial charge in [0.05, 0.1) is 11.4 Å². The Morgan fingerprint density at radius 1 is 1.32 bits per heavy atom. The summed E-state index contributed by atoms with van der Waals surface area (Å²) in [4.78, 5) is 12.0. The highest BCUT2D eigenvalue weighted by Gasteiger charge is 2.22. The van der Waals surface area contributed by atoms with E-state index in [1.807, 2.05) is 43.3 Å². The van der Waals surface area contributed by atoms with Crippen molar-refractivity contribution >= 4 is 5.91 Å². The van der Waals surface area contributed by atoms with Crippen LogP contribution in [0.1, 0.15) is 31.4 Å². The van der Waals surface area contributed by atoms with Crippen LogP contribution >= 0.6 is 0 Å². The number of para-hydroxylation sites is 1. The molecule has 1 aliphatic rings. The third-order valence-corrected chi connectivity index (χ3v) is 3.99. The highest BCUT2D eigenvalue weighted by molar-refractivity contribution is 5.78. The average molecular weight is 299 g/mol. The van der Waals surface area contributed by atoms with Gasteiger partial charge in [-0.3, -0.25) is 4.79 Å². The van der Waals surface area contributed by atoms with Crippen molar-refractivity contribution in [3.8, 4) is 11.6 Å². The van der Waals surface area contributed by atoms with Crippen molar-refractivity contribution in [3.05, 3.63) is 42.1 Å². The first-order valence-corrected chi connectivity index (χ1v) is 7.76. The van der Waals surface area contributed by atoms with Crippen LogP contribution in [0.15, 0.2) is 36.4 Å². The maximum atomic E-state index is 12.0. The lowest BCUT2D eigenvalue weighted by Crippen LogP contribution is -2.32. The van der Waals surface area contributed by atoms with Crippen LogP contribution in [-0.2, 0) is 4.79 Å². The third-order valence-electron chi connectivity index (χ3n) is 3.99. The van der Waals surface area contributed by atoms with Crippen molar-refractivity contribution in [1.82, 2.24) is 15.1 Å². The second-order valence-electron chi connectivity index (χ2n) is 5.68. The Labute approximate surface area is 130 Å². The molecule has 5 nitrogen and oxygen atoms in total. The Balaban J connectivity index is 1.62. The SMILES string of the molecule is Cc1cc(OCNC(=O)C2CCCC2)n(-c2ccccc2)n1. The van der Waals surface area contributed by atoms with Crippen LogP contribution in [0.25, 0.3) is 5.69 Å². The van der Waals surface area contributed by atoms with Gasteiger partial charge in [0.15, 0.2) is 6.73 Å². The largest absolute Gasteiger partial charge is 0.456 e. The quantitative estimate of drug-likeness (QED) is 0.864. The fourth-order valence-corrected chi connectivity index (χ4v) is 2.85. The van der Waals surface area contributed by atoms with Gasteiger partial charge in [0.1, 0.15) is 0 Å². The molecule has 0 saturated heterocycles. The van der Waals surface area contributed by atoms with Crippen LogP contribution in [0.3, 0.4) is 0 Å². The van der Waals surface area contributed by atoms with Crippen molar-refractivity contribution in [2.24, 2.45) is 5.92 Å². The van der Waals surface area contributed by atoms with E-state index in [0.717, 1.165) is 37.1 Å². The minimum absolute atomic E-state index is 0.0972. The van der Waals surface area contributed by atoms with E-state index in [2.05, 4.69) is 10.4 Å². The summed E-state index contributed by atoms with van der Waals surface area (Å²) in [6.07, 6.45) is 4.29. The van der Waals surface area contributed by atoms with Crippen molar-refractivity contribution in [1.29, 1.82) is 0 Å². The number of ether oxygens (including phenoxy) is 1. The average Bonchev–Trinajstić information content (AvgIpc) is 3.18. The molecule has 0 aliphatic heterocycles. The molecular formula is C17H21N3O2. The van der Waals surface area contributed by atoms with Gasteiger partial charge in [0, 0.05) is 12.0 Å². The van der Waals surface area contributed by atoms with Gasteiger partial charge in [0.2, 0.25) is 11.8 Å². The lowest BCUT2D eigenvalue weighted by atomic mass is 10.1. The normalized spacial score (nSPS) is 15.0. The second-order valence-corrected chi connectivity index (χ2v) is 5.68. The van der Waals surface area contributed by atoms with Crippen LogP contribution in [-0.4, -0.2) is 22.4 Å². The maximum absolute atomic E-state index is 12.0. The number of aromatic nitrogens is 2. The summed E-state index contributed by atoms with van der Waals surface area (Å²) in [6.45, 7) is 2.09. The van der Waals surface area contributed by atoms with E-state index < -0.39 is 0 Å². The summed E-state index contributed by atoms with van der Waals surface area (Å²) in [6, 6.07) is 11.7. The topological polar surface area (TPSA) is 56.1 Å². The van der Waals surface area contributed by atoms with Gasteiger partial charge in [0.25, 0.3) is 0 Å². The highest BCUT2D eigenvalue weighted by atomic mass is 16.5. The molecule has 0 bridgehead atoms. The number of nitrogens with one attached hydrogen (secondary N) is 1. The van der Waals surface area contributed by atoms with E-state index in [1.54, 1.807) is 4.68 Å². The molecule has 2 aromatic rings. The summed E-state index contributed by atoms with van der Waals surface area (Å²) in [7, 11) is 0. The smallest absolute Gasteiger partial charge is 0.225 e. The number of aryl methyl sites for hydroxylation is 1. The van der Waals surface area contributed by atoms with Crippen molar-refractivity contribution in [3.63, 3.8) is 0 Å². The van der Waals surface area contributed by atoms with Crippen LogP contribution in [0, 0.1) is 12.8 Å². The van der Waals surface area contributed by atoms with Crippen LogP contribution < -0.4 is 10.1 Å². The number of rotatable bonds is 5. The fraction of sp³-hybridized carbons (Fsp3) is 0.412. The predicted molar refractivity (Wildman–Crippen MR) is 83.9 cm³/mol. The van der Waals surface area contributed by atoms with Crippen LogP contribution in [0.2, 0.25) is 0 Å². The summed E-state index contributed by atoms with van der Waals surface area (Å²) in [5.41, 5.74) is 1.81. The number of carbonyl (C=O) groups is 1. The van der Waals surface area contributed by atoms with E-state index in [-0.39, 0.29) is 18.6 Å². The molecule has 22 heavy (non-hydrogen) atoms. The van der Waals surface area contributed by atoms with Crippen molar-refractivity contribution < 1.29 is 9.53 Å². The molecule has 1 fully saturated rings. The molecule has 5 heteroatoms. The number of carbonyl (C=O) groups excluding carboxylic acids is 1. The standard InChI is InChI=1S/C17H21N3O2/c1-13-11-16(20(19-13)15-9-3-2-4-10-15)22-12-18-17(21)14-7-5-6-8-14/h2-4,9-11,14H,5-8,12H2,1H3,(H,18,21). The molecule has 0 spiro atoms. The zero-order chi connectivity index (χ0) is 15.4. The first kappa shape index (κ1) is 14.6. The van der Waals surface area contributed by atoms with Crippen LogP contribution in [0.4, 0.5) is 0 Å². The minimum Gasteiger partial charge on any atom is -0.456 e. The number of hydrogen-bond donors (Lipinski definition) is 1. The van der Waals surface area contributed by atoms with E-state index in [0.29, 0.717) is 5.88 Å². The Morgan fingerprint density at radius 3 is 2.77 bits per heavy atom. The zero-order valence-corrected chi connectivity index (χ0v) is 12.8. The van der Waals surface area contributed by atoms with Gasteiger partial charge < -0.3 is 10.1 Å². The molecule has 0 atom stereocenters. The van der Waals surface area contributed by atoms with E-state index in [9.17, 15) is 4.79 Å². The third kappa shape index (κ3) is 3.30. The molecule has 1 aromatic heterocycles. The molecule has 1 amide bonds. The lowest BCUT2D eigenvalue weighted by molar-refractivity contribution is -0.125. The lowest BCUT2D eigenvalue weighted by Gasteiger charge is -2.12. The van der Waals surface area contributed by atoms with Gasteiger partial charge >= 0.3 is 0 Å². The first-order chi connectivity index (χ1) is 10.7. The maximum Gasteiger partial charge on any atom is 0.225 e. The van der Waals surface area contributed by atoms with Gasteiger partial charge in [-0.25, -0.2) is 4.68 Å². The number of benzene rings is 1. The zero-order valence-electron chi connectivity index (χ0n) is 12.8. The van der Waals surface area contributed by atoms with Crippen molar-refractivity contribution in [2.75, 3.05) is 6.73 Å². The Kier molecular flexibility index (Phi) is 4.42. The molecule has 1 aliphatic carbocycles. The molecule has 116 valence electrons. The molecule has 1 N–H and O–H groups in total. The Morgan fingerprint density at radius 2 is 2.05 bits per heavy atom. The summed E-state index contributed by atoms with van der Waals surface area (Å²) < 4.78 is 7.46. The van der Waals surface area contributed by atoms with E-state index in [1.165, 1.54) is 0 Å². The Hall–Kier alpha value is -2.30. The molecule has 1 saturated carbocycles. The summed E-state index contributed by atoms with van der Waals surface area (Å²) in [5, 5.41) is 7.29. The molecule has 0 radical (unpaired) electrons. The second kappa shape index (κ2) is 6.64. The molecular weight excluding hydrogens is 278 g/mol. The van der Waals surface area contributed by atoms with Gasteiger partial charge in [-0.2, -0.15) is 5.10 Å². The minimum atomic E-state index is 0.0972. The summed E-state index contributed by atoms with van der Waals surface area (Å²) in [5.74, 6) is 0.889. The van der Waals surface area contributed by atoms with Gasteiger partial charge in [-0.15, -0.1) is 0 Å². The van der Waals surface area contributed by atoms with Gasteiger partial charge in [-0.05, 0) is 31.9 Å². The molecule has 3 rings (SSSR count). The monoisotopic (exact) mass is 299 g/mol. The first-order valence-electron chi connectivity index (χ1n) is 7.76. The molecule has 1 heterocycles. The van der Waals surface area contributed by atoms with Crippen molar-refractivity contribution in [2.45, 2.75) is 32.6 Å². The number of amides is 1. The number of nitrogens with zero attached hydrogens (tertiary/aromatic N) is 2. The van der Waals surface area contributed by atoms with E-state index >= 15 is 0 Å². The van der Waals surface area contributed by atoms with Crippen LogP contribution in [0.5, 0.6) is 5.88 Å². The van der Waals surface area contributed by atoms with Gasteiger partial charge in [-0.1, -0.05) is 31.0 Å². The number of hydrogen-bond acceptors (Lipinski definition) is 3. The highest BCUT2D eigenvalue weighted by Crippen LogP contribution is 2.24. The predicted octanol–water partition coefficient (Wildman–Crippen LogP) is 2.82. The fourth-order valence-electron chi connectivity index (χ4n) is 2.85. The molecule has 1 aromatic carbocycles. The van der Waals surface area contributed by atoms with E-state index in [4.69, 9.17) is 4.74 Å².